The molecule has 0 radical (unpaired) electrons. The lowest BCUT2D eigenvalue weighted by Gasteiger charge is -2.39. The fourth-order valence-electron chi connectivity index (χ4n) is 3.44. The van der Waals surface area contributed by atoms with Crippen molar-refractivity contribution in [3.8, 4) is 0 Å². The highest BCUT2D eigenvalue weighted by Gasteiger charge is 2.57. The monoisotopic (exact) mass is 351 g/mol. The van der Waals surface area contributed by atoms with Gasteiger partial charge in [0.1, 0.15) is 0 Å². The lowest BCUT2D eigenvalue weighted by molar-refractivity contribution is -0.139. The average Bonchev–Trinajstić information content (AvgIpc) is 3.09. The van der Waals surface area contributed by atoms with E-state index in [9.17, 15) is 14.4 Å². The van der Waals surface area contributed by atoms with Crippen molar-refractivity contribution in [2.24, 2.45) is 22.5 Å². The van der Waals surface area contributed by atoms with Crippen LogP contribution >= 0.6 is 0 Å². The summed E-state index contributed by atoms with van der Waals surface area (Å²) in [6.07, 6.45) is 1.25. The molecule has 1 aliphatic rings. The van der Waals surface area contributed by atoms with Crippen LogP contribution < -0.4 is 16.4 Å². The highest BCUT2D eigenvalue weighted by atomic mass is 16.5. The van der Waals surface area contributed by atoms with Gasteiger partial charge >= 0.3 is 11.8 Å². The second-order valence-electron chi connectivity index (χ2n) is 7.10. The van der Waals surface area contributed by atoms with Crippen LogP contribution in [0.25, 0.3) is 0 Å². The lowest BCUT2D eigenvalue weighted by atomic mass is 9.65. The lowest BCUT2D eigenvalue weighted by Crippen LogP contribution is -2.49. The molecule has 2 atom stereocenters. The van der Waals surface area contributed by atoms with Crippen molar-refractivity contribution in [3.05, 3.63) is 11.7 Å². The van der Waals surface area contributed by atoms with E-state index in [4.69, 9.17) is 5.73 Å². The summed E-state index contributed by atoms with van der Waals surface area (Å²) in [4.78, 5) is 39.9. The second kappa shape index (κ2) is 6.81. The highest BCUT2D eigenvalue weighted by Crippen LogP contribution is 2.56. The van der Waals surface area contributed by atoms with E-state index in [2.05, 4.69) is 25.3 Å². The number of primary amides is 1. The molecular formula is C16H25N5O4. The van der Waals surface area contributed by atoms with Crippen molar-refractivity contribution in [3.63, 3.8) is 0 Å². The van der Waals surface area contributed by atoms with Crippen molar-refractivity contribution in [2.45, 2.75) is 47.1 Å². The third kappa shape index (κ3) is 3.35. The average molecular weight is 351 g/mol. The number of nitrogens with one attached hydrogen (secondary N) is 2. The van der Waals surface area contributed by atoms with Gasteiger partial charge in [-0.05, 0) is 25.2 Å². The molecule has 9 heteroatoms. The summed E-state index contributed by atoms with van der Waals surface area (Å²) in [6.45, 7) is 8.21. The number of nitrogens with zero attached hydrogens (tertiary/aromatic N) is 2. The number of amides is 3. The van der Waals surface area contributed by atoms with Gasteiger partial charge in [0.2, 0.25) is 11.8 Å². The van der Waals surface area contributed by atoms with Gasteiger partial charge in [0, 0.05) is 12.5 Å². The number of rotatable bonds is 6. The number of hydrogen-bond donors (Lipinski definition) is 3. The Hall–Kier alpha value is -2.45. The minimum atomic E-state index is -0.821. The van der Waals surface area contributed by atoms with Gasteiger partial charge in [-0.15, -0.1) is 0 Å². The van der Waals surface area contributed by atoms with Crippen LogP contribution in [0.5, 0.6) is 0 Å². The molecule has 1 aromatic rings. The third-order valence-electron chi connectivity index (χ3n) is 5.48. The molecule has 1 heterocycles. The molecule has 3 amide bonds. The molecule has 0 saturated heterocycles. The maximum absolute atomic E-state index is 12.8. The van der Waals surface area contributed by atoms with Crippen molar-refractivity contribution < 1.29 is 18.9 Å². The van der Waals surface area contributed by atoms with E-state index in [-0.39, 0.29) is 36.0 Å². The number of carbonyl (C=O) groups is 3. The molecule has 1 saturated carbocycles. The minimum absolute atomic E-state index is 0.0201. The summed E-state index contributed by atoms with van der Waals surface area (Å²) in [6, 6.07) is 0. The minimum Gasteiger partial charge on any atom is -0.361 e. The Morgan fingerprint density at radius 1 is 1.28 bits per heavy atom. The van der Waals surface area contributed by atoms with E-state index < -0.39 is 16.7 Å². The maximum atomic E-state index is 12.8. The zero-order chi connectivity index (χ0) is 18.8. The van der Waals surface area contributed by atoms with Crippen molar-refractivity contribution in [1.29, 1.82) is 0 Å². The largest absolute Gasteiger partial charge is 0.361 e. The summed E-state index contributed by atoms with van der Waals surface area (Å²) < 4.78 is 4.69. The zero-order valence-corrected chi connectivity index (χ0v) is 15.0. The van der Waals surface area contributed by atoms with Crippen LogP contribution in [0.15, 0.2) is 4.52 Å². The molecule has 0 aliphatic heterocycles. The van der Waals surface area contributed by atoms with Gasteiger partial charge < -0.3 is 20.9 Å². The summed E-state index contributed by atoms with van der Waals surface area (Å²) in [7, 11) is 0. The maximum Gasteiger partial charge on any atom is 0.315 e. The van der Waals surface area contributed by atoms with E-state index in [0.717, 1.165) is 0 Å². The van der Waals surface area contributed by atoms with E-state index in [1.54, 1.807) is 0 Å². The molecule has 1 aliphatic carbocycles. The van der Waals surface area contributed by atoms with Crippen LogP contribution in [0, 0.1) is 16.7 Å². The topological polar surface area (TPSA) is 140 Å². The Morgan fingerprint density at radius 3 is 2.52 bits per heavy atom. The molecule has 4 N–H and O–H groups in total. The van der Waals surface area contributed by atoms with E-state index in [0.29, 0.717) is 19.4 Å². The first-order chi connectivity index (χ1) is 11.6. The molecule has 2 rings (SSSR count). The number of aromatic nitrogens is 2. The number of nitrogens with two attached hydrogens (primary N) is 1. The number of hydrogen-bond acceptors (Lipinski definition) is 6. The Kier molecular flexibility index (Phi) is 5.15. The molecule has 1 fully saturated rings. The molecule has 0 aromatic carbocycles. The second-order valence-corrected chi connectivity index (χ2v) is 7.10. The third-order valence-corrected chi connectivity index (χ3v) is 5.48. The summed E-state index contributed by atoms with van der Waals surface area (Å²) in [5, 5.41) is 9.21. The standard InChI is InChI=1S/C16H25N5O4/c1-5-18-12(23)9-6-7-16(4,15(9,2)3)14(24)19-8-10-20-13(11(17)22)25-21-10/h9H,5-8H2,1-4H3,(H2,17,22)(H,18,23)(H,19,24)/t9-,16+/m0/s1. The molecule has 1 aromatic heterocycles. The Morgan fingerprint density at radius 2 is 1.96 bits per heavy atom. The molecule has 0 unspecified atom stereocenters. The van der Waals surface area contributed by atoms with Crippen LogP contribution in [-0.2, 0) is 16.1 Å². The Bertz CT molecular complexity index is 684. The van der Waals surface area contributed by atoms with Crippen molar-refractivity contribution >= 4 is 17.7 Å². The van der Waals surface area contributed by atoms with Crippen molar-refractivity contribution in [2.75, 3.05) is 6.54 Å². The predicted molar refractivity (Wildman–Crippen MR) is 88.0 cm³/mol. The quantitative estimate of drug-likeness (QED) is 0.676. The molecule has 25 heavy (non-hydrogen) atoms. The van der Waals surface area contributed by atoms with E-state index in [1.165, 1.54) is 0 Å². The molecule has 138 valence electrons. The normalized spacial score (nSPS) is 24.7. The summed E-state index contributed by atoms with van der Waals surface area (Å²) >= 11 is 0. The van der Waals surface area contributed by atoms with Gasteiger partial charge in [-0.25, -0.2) is 0 Å². The molecule has 0 spiro atoms. The van der Waals surface area contributed by atoms with Gasteiger partial charge in [-0.3, -0.25) is 14.4 Å². The highest BCUT2D eigenvalue weighted by molar-refractivity contribution is 5.88. The van der Waals surface area contributed by atoms with Crippen LogP contribution in [0.2, 0.25) is 0 Å². The first-order valence-corrected chi connectivity index (χ1v) is 8.32. The zero-order valence-electron chi connectivity index (χ0n) is 15.0. The Balaban J connectivity index is 2.07. The van der Waals surface area contributed by atoms with E-state index >= 15 is 0 Å². The summed E-state index contributed by atoms with van der Waals surface area (Å²) in [5.74, 6) is -1.38. The molecule has 0 bridgehead atoms. The number of carbonyl (C=O) groups excluding carboxylic acids is 3. The van der Waals surface area contributed by atoms with Gasteiger partial charge in [0.05, 0.1) is 12.0 Å². The fourth-order valence-corrected chi connectivity index (χ4v) is 3.44. The van der Waals surface area contributed by atoms with Gasteiger partial charge in [0.15, 0.2) is 5.82 Å². The Labute approximate surface area is 146 Å². The SMILES string of the molecule is CCNC(=O)[C@@H]1CC[C@](C)(C(=O)NCc2noc(C(N)=O)n2)C1(C)C. The smallest absolute Gasteiger partial charge is 0.315 e. The van der Waals surface area contributed by atoms with Gasteiger partial charge in [0.25, 0.3) is 0 Å². The predicted octanol–water partition coefficient (Wildman–Crippen LogP) is 0.363. The molecule has 9 nitrogen and oxygen atoms in total. The van der Waals surface area contributed by atoms with Crippen LogP contribution in [0.1, 0.15) is 57.0 Å². The first kappa shape index (κ1) is 18.9. The van der Waals surface area contributed by atoms with E-state index in [1.807, 2.05) is 27.7 Å². The van der Waals surface area contributed by atoms with Gasteiger partial charge in [-0.1, -0.05) is 25.9 Å². The fraction of sp³-hybridized carbons (Fsp3) is 0.688. The van der Waals surface area contributed by atoms with Crippen LogP contribution in [-0.4, -0.2) is 34.4 Å². The first-order valence-electron chi connectivity index (χ1n) is 8.32. The van der Waals surface area contributed by atoms with Gasteiger partial charge in [-0.2, -0.15) is 4.98 Å². The molecular weight excluding hydrogens is 326 g/mol. The van der Waals surface area contributed by atoms with Crippen molar-refractivity contribution in [1.82, 2.24) is 20.8 Å². The van der Waals surface area contributed by atoms with Crippen LogP contribution in [0.3, 0.4) is 0 Å². The summed E-state index contributed by atoms with van der Waals surface area (Å²) in [5.41, 5.74) is 3.83. The van der Waals surface area contributed by atoms with Crippen LogP contribution in [0.4, 0.5) is 0 Å².